The van der Waals surface area contributed by atoms with E-state index in [-0.39, 0.29) is 51.5 Å². The fourth-order valence-electron chi connectivity index (χ4n) is 5.15. The third-order valence-corrected chi connectivity index (χ3v) is 6.62. The fraction of sp³-hybridized carbons (Fsp3) is 0.389. The molecule has 2 bridgehead atoms. The van der Waals surface area contributed by atoms with Gasteiger partial charge in [0.2, 0.25) is 11.8 Å². The van der Waals surface area contributed by atoms with Gasteiger partial charge in [-0.1, -0.05) is 23.8 Å². The molecule has 0 radical (unpaired) electrons. The minimum atomic E-state index is -1.18. The maximum absolute atomic E-state index is 13.0. The van der Waals surface area contributed by atoms with Gasteiger partial charge in [-0.2, -0.15) is 0 Å². The maximum Gasteiger partial charge on any atom is 0.337 e. The Kier molecular flexibility index (Phi) is 2.53. The van der Waals surface area contributed by atoms with Crippen LogP contribution in [-0.2, 0) is 9.59 Å². The number of hydrogen-bond donors (Lipinski definition) is 1. The monoisotopic (exact) mass is 343 g/mol. The van der Waals surface area contributed by atoms with Gasteiger partial charge in [-0.3, -0.25) is 9.59 Å². The number of nitrogens with zero attached hydrogens (tertiary/aromatic N) is 1. The van der Waals surface area contributed by atoms with Gasteiger partial charge in [0.1, 0.15) is 0 Å². The van der Waals surface area contributed by atoms with Gasteiger partial charge in [0.05, 0.1) is 28.1 Å². The minimum Gasteiger partial charge on any atom is -0.478 e. The number of anilines is 1. The lowest BCUT2D eigenvalue weighted by molar-refractivity contribution is -0.123. The predicted octanol–water partition coefficient (Wildman–Crippen LogP) is 2.74. The van der Waals surface area contributed by atoms with Crippen LogP contribution in [0.15, 0.2) is 30.4 Å². The van der Waals surface area contributed by atoms with Crippen LogP contribution in [-0.4, -0.2) is 22.9 Å². The van der Waals surface area contributed by atoms with E-state index in [0.29, 0.717) is 5.69 Å². The van der Waals surface area contributed by atoms with Crippen LogP contribution in [0, 0.1) is 29.1 Å². The molecule has 3 fully saturated rings. The van der Waals surface area contributed by atoms with Crippen molar-refractivity contribution in [2.75, 3.05) is 4.90 Å². The first kappa shape index (κ1) is 14.2. The topological polar surface area (TPSA) is 74.7 Å². The van der Waals surface area contributed by atoms with Crippen LogP contribution >= 0.6 is 11.6 Å². The molecule has 24 heavy (non-hydrogen) atoms. The number of carbonyl (C=O) groups excluding carboxylic acids is 2. The SMILES string of the molecule is O=C(O)c1cc(N2C(=O)[C@@H]3[C@H](C2=O)[C@H]2C=C[C@@H]3C23CC3)ccc1Cl. The van der Waals surface area contributed by atoms with Crippen molar-refractivity contribution < 1.29 is 19.5 Å². The molecule has 2 amide bonds. The molecular formula is C18H14ClNO4. The summed E-state index contributed by atoms with van der Waals surface area (Å²) in [5.74, 6) is -1.86. The smallest absolute Gasteiger partial charge is 0.337 e. The van der Waals surface area contributed by atoms with E-state index in [2.05, 4.69) is 12.2 Å². The van der Waals surface area contributed by atoms with Gasteiger partial charge in [-0.05, 0) is 48.3 Å². The number of rotatable bonds is 2. The molecule has 1 heterocycles. The van der Waals surface area contributed by atoms with E-state index in [4.69, 9.17) is 11.6 Å². The summed E-state index contributed by atoms with van der Waals surface area (Å²) in [6, 6.07) is 4.27. The average molecular weight is 344 g/mol. The highest BCUT2D eigenvalue weighted by atomic mass is 35.5. The number of allylic oxidation sites excluding steroid dienone is 2. The Morgan fingerprint density at radius 2 is 1.71 bits per heavy atom. The average Bonchev–Trinajstić information content (AvgIpc) is 3.14. The van der Waals surface area contributed by atoms with Crippen molar-refractivity contribution in [3.8, 4) is 0 Å². The van der Waals surface area contributed by atoms with Crippen LogP contribution in [0.5, 0.6) is 0 Å². The third kappa shape index (κ3) is 1.49. The molecule has 5 rings (SSSR count). The van der Waals surface area contributed by atoms with Crippen molar-refractivity contribution in [3.63, 3.8) is 0 Å². The molecule has 2 saturated carbocycles. The highest BCUT2D eigenvalue weighted by Gasteiger charge is 2.73. The number of aromatic carboxylic acids is 1. The number of benzene rings is 1. The molecule has 4 aliphatic rings. The van der Waals surface area contributed by atoms with Crippen molar-refractivity contribution in [1.82, 2.24) is 0 Å². The van der Waals surface area contributed by atoms with Crippen LogP contribution in [0.1, 0.15) is 23.2 Å². The molecule has 3 aliphatic carbocycles. The number of carboxylic acid groups (broad SMARTS) is 1. The van der Waals surface area contributed by atoms with Crippen LogP contribution in [0.4, 0.5) is 5.69 Å². The second-order valence-electron chi connectivity index (χ2n) is 7.20. The van der Waals surface area contributed by atoms with Gasteiger partial charge >= 0.3 is 5.97 Å². The maximum atomic E-state index is 13.0. The van der Waals surface area contributed by atoms with E-state index in [1.54, 1.807) is 0 Å². The van der Waals surface area contributed by atoms with E-state index in [1.807, 2.05) is 0 Å². The second-order valence-corrected chi connectivity index (χ2v) is 7.61. The highest BCUT2D eigenvalue weighted by molar-refractivity contribution is 6.34. The largest absolute Gasteiger partial charge is 0.478 e. The molecule has 122 valence electrons. The van der Waals surface area contributed by atoms with Crippen molar-refractivity contribution in [3.05, 3.63) is 40.9 Å². The number of imide groups is 1. The number of amides is 2. The zero-order chi connectivity index (χ0) is 16.8. The molecular weight excluding hydrogens is 330 g/mol. The number of hydrogen-bond acceptors (Lipinski definition) is 3. The van der Waals surface area contributed by atoms with Crippen LogP contribution in [0.2, 0.25) is 5.02 Å². The van der Waals surface area contributed by atoms with Gasteiger partial charge in [-0.25, -0.2) is 9.69 Å². The first-order chi connectivity index (χ1) is 11.5. The summed E-state index contributed by atoms with van der Waals surface area (Å²) in [5.41, 5.74) is 0.343. The number of carboxylic acids is 1. The minimum absolute atomic E-state index is 0.0872. The zero-order valence-corrected chi connectivity index (χ0v) is 13.4. The lowest BCUT2D eigenvalue weighted by Crippen LogP contribution is -2.34. The quantitative estimate of drug-likeness (QED) is 0.662. The number of halogens is 1. The van der Waals surface area contributed by atoms with E-state index in [9.17, 15) is 19.5 Å². The highest BCUT2D eigenvalue weighted by Crippen LogP contribution is 2.73. The summed E-state index contributed by atoms with van der Waals surface area (Å²) in [4.78, 5) is 38.4. The predicted molar refractivity (Wildman–Crippen MR) is 85.7 cm³/mol. The Balaban J connectivity index is 1.56. The molecule has 1 aromatic carbocycles. The normalized spacial score (nSPS) is 34.3. The van der Waals surface area contributed by atoms with Crippen molar-refractivity contribution in [2.24, 2.45) is 29.1 Å². The van der Waals surface area contributed by atoms with Gasteiger partial charge in [0, 0.05) is 0 Å². The van der Waals surface area contributed by atoms with E-state index in [0.717, 1.165) is 12.8 Å². The standard InChI is InChI=1S/C18H14ClNO4/c19-12-4-1-8(7-9(12)17(23)24)20-15(21)13-10-2-3-11(14(13)16(20)22)18(10)5-6-18/h1-4,7,10-11,13-14H,5-6H2,(H,23,24)/t10-,11+,13-,14+. The summed E-state index contributed by atoms with van der Waals surface area (Å²) in [5, 5.41) is 9.30. The number of carbonyl (C=O) groups is 3. The van der Waals surface area contributed by atoms with Gasteiger partial charge in [0.15, 0.2) is 0 Å². The Labute approximate surface area is 142 Å². The summed E-state index contributed by atoms with van der Waals surface area (Å²) in [6.45, 7) is 0. The Hall–Kier alpha value is -2.14. The number of fused-ring (bicyclic) bond motifs is 3. The van der Waals surface area contributed by atoms with Gasteiger partial charge in [0.25, 0.3) is 0 Å². The Bertz CT molecular complexity index is 823. The molecule has 1 spiro atoms. The Morgan fingerprint density at radius 1 is 1.12 bits per heavy atom. The molecule has 1 saturated heterocycles. The van der Waals surface area contributed by atoms with E-state index in [1.165, 1.54) is 23.1 Å². The van der Waals surface area contributed by atoms with Crippen LogP contribution < -0.4 is 4.90 Å². The lowest BCUT2D eigenvalue weighted by atomic mass is 9.85. The molecule has 0 unspecified atom stereocenters. The lowest BCUT2D eigenvalue weighted by Gasteiger charge is -2.22. The van der Waals surface area contributed by atoms with E-state index < -0.39 is 5.97 Å². The molecule has 1 aromatic rings. The van der Waals surface area contributed by atoms with Crippen molar-refractivity contribution in [2.45, 2.75) is 12.8 Å². The fourth-order valence-corrected chi connectivity index (χ4v) is 5.35. The first-order valence-corrected chi connectivity index (χ1v) is 8.42. The van der Waals surface area contributed by atoms with Gasteiger partial charge < -0.3 is 5.11 Å². The first-order valence-electron chi connectivity index (χ1n) is 8.05. The summed E-state index contributed by atoms with van der Waals surface area (Å²) in [6.07, 6.45) is 6.40. The summed E-state index contributed by atoms with van der Waals surface area (Å²) in [7, 11) is 0. The van der Waals surface area contributed by atoms with Crippen molar-refractivity contribution in [1.29, 1.82) is 0 Å². The molecule has 4 atom stereocenters. The van der Waals surface area contributed by atoms with Gasteiger partial charge in [-0.15, -0.1) is 0 Å². The van der Waals surface area contributed by atoms with Crippen LogP contribution in [0.3, 0.4) is 0 Å². The molecule has 0 aromatic heterocycles. The molecule has 5 nitrogen and oxygen atoms in total. The molecule has 6 heteroatoms. The third-order valence-electron chi connectivity index (χ3n) is 6.29. The molecule has 1 N–H and O–H groups in total. The van der Waals surface area contributed by atoms with Crippen molar-refractivity contribution >= 4 is 35.1 Å². The Morgan fingerprint density at radius 3 is 2.21 bits per heavy atom. The molecule has 1 aliphatic heterocycles. The van der Waals surface area contributed by atoms with E-state index >= 15 is 0 Å². The zero-order valence-electron chi connectivity index (χ0n) is 12.6. The van der Waals surface area contributed by atoms with Crippen LogP contribution in [0.25, 0.3) is 0 Å². The summed E-state index contributed by atoms with van der Waals surface area (Å²) >= 11 is 5.89. The summed E-state index contributed by atoms with van der Waals surface area (Å²) < 4.78 is 0. The second kappa shape index (κ2) is 4.28.